The van der Waals surface area contributed by atoms with Crippen LogP contribution in [0.3, 0.4) is 0 Å². The first kappa shape index (κ1) is 17.8. The van der Waals surface area contributed by atoms with Crippen LogP contribution in [0, 0.1) is 0 Å². The minimum Gasteiger partial charge on any atom is -0.497 e. The number of carbonyl (C=O) groups is 1. The van der Waals surface area contributed by atoms with Gasteiger partial charge < -0.3 is 20.5 Å². The number of rotatable bonds is 5. The van der Waals surface area contributed by atoms with Gasteiger partial charge in [0.25, 0.3) is 5.91 Å². The molecule has 1 fully saturated rings. The molecular formula is C19H21BrN2O3. The van der Waals surface area contributed by atoms with Crippen molar-refractivity contribution in [2.24, 2.45) is 0 Å². The Balaban J connectivity index is 1.53. The molecule has 0 saturated carbocycles. The molecule has 132 valence electrons. The minimum absolute atomic E-state index is 0.00715. The molecule has 1 aliphatic rings. The number of anilines is 1. The van der Waals surface area contributed by atoms with Crippen LogP contribution in [0.15, 0.2) is 46.9 Å². The molecule has 0 radical (unpaired) electrons. The molecule has 2 unspecified atom stereocenters. The lowest BCUT2D eigenvalue weighted by atomic mass is 10.1. The predicted octanol–water partition coefficient (Wildman–Crippen LogP) is 3.69. The fourth-order valence-electron chi connectivity index (χ4n) is 2.96. The van der Waals surface area contributed by atoms with E-state index in [4.69, 9.17) is 15.2 Å². The summed E-state index contributed by atoms with van der Waals surface area (Å²) in [6.45, 7) is 0.473. The number of amides is 1. The molecule has 0 aromatic heterocycles. The van der Waals surface area contributed by atoms with Gasteiger partial charge in [0, 0.05) is 16.7 Å². The molecule has 25 heavy (non-hydrogen) atoms. The van der Waals surface area contributed by atoms with Gasteiger partial charge in [-0.25, -0.2) is 0 Å². The van der Waals surface area contributed by atoms with Gasteiger partial charge in [-0.3, -0.25) is 4.79 Å². The predicted molar refractivity (Wildman–Crippen MR) is 101 cm³/mol. The van der Waals surface area contributed by atoms with Gasteiger partial charge in [0.2, 0.25) is 0 Å². The molecule has 1 amide bonds. The summed E-state index contributed by atoms with van der Waals surface area (Å²) >= 11 is 3.34. The van der Waals surface area contributed by atoms with Gasteiger partial charge in [-0.05, 0) is 48.7 Å². The lowest BCUT2D eigenvalue weighted by Gasteiger charge is -2.15. The highest BCUT2D eigenvalue weighted by Gasteiger charge is 2.27. The van der Waals surface area contributed by atoms with E-state index in [9.17, 15) is 4.79 Å². The van der Waals surface area contributed by atoms with E-state index >= 15 is 0 Å². The van der Waals surface area contributed by atoms with Crippen LogP contribution in [0.1, 0.15) is 34.9 Å². The number of carbonyl (C=O) groups excluding carboxylic acids is 1. The lowest BCUT2D eigenvalue weighted by molar-refractivity contribution is 0.0436. The molecular weight excluding hydrogens is 384 g/mol. The second-order valence-corrected chi connectivity index (χ2v) is 6.95. The molecule has 0 spiro atoms. The largest absolute Gasteiger partial charge is 0.497 e. The molecule has 0 aliphatic carbocycles. The standard InChI is InChI=1S/C19H21BrN2O3/c1-24-14-5-2-12(3-6-14)18-9-7-15(25-18)11-22-19(23)16-8-4-13(20)10-17(16)21/h2-6,8,10,15,18H,7,9,11,21H2,1H3,(H,22,23). The molecule has 3 N–H and O–H groups in total. The highest BCUT2D eigenvalue weighted by molar-refractivity contribution is 9.10. The summed E-state index contributed by atoms with van der Waals surface area (Å²) in [4.78, 5) is 12.3. The number of benzene rings is 2. The van der Waals surface area contributed by atoms with Gasteiger partial charge in [0.05, 0.1) is 24.9 Å². The van der Waals surface area contributed by atoms with Gasteiger partial charge in [-0.1, -0.05) is 28.1 Å². The average molecular weight is 405 g/mol. The van der Waals surface area contributed by atoms with Crippen LogP contribution in [0.25, 0.3) is 0 Å². The molecule has 1 aliphatic heterocycles. The molecule has 2 atom stereocenters. The zero-order valence-electron chi connectivity index (χ0n) is 14.0. The normalized spacial score (nSPS) is 19.6. The number of hydrogen-bond acceptors (Lipinski definition) is 4. The average Bonchev–Trinajstić information content (AvgIpc) is 3.09. The Hall–Kier alpha value is -2.05. The topological polar surface area (TPSA) is 73.6 Å². The van der Waals surface area contributed by atoms with Gasteiger partial charge in [0.15, 0.2) is 0 Å². The molecule has 2 aromatic carbocycles. The zero-order chi connectivity index (χ0) is 17.8. The first-order valence-electron chi connectivity index (χ1n) is 8.19. The van der Waals surface area contributed by atoms with Gasteiger partial charge >= 0.3 is 0 Å². The van der Waals surface area contributed by atoms with Gasteiger partial charge in [-0.15, -0.1) is 0 Å². The van der Waals surface area contributed by atoms with Crippen molar-refractivity contribution in [3.8, 4) is 5.75 Å². The Kier molecular flexibility index (Phi) is 5.60. The summed E-state index contributed by atoms with van der Waals surface area (Å²) in [6.07, 6.45) is 1.92. The van der Waals surface area contributed by atoms with E-state index in [-0.39, 0.29) is 18.1 Å². The monoisotopic (exact) mass is 404 g/mol. The smallest absolute Gasteiger partial charge is 0.253 e. The number of hydrogen-bond donors (Lipinski definition) is 2. The highest BCUT2D eigenvalue weighted by Crippen LogP contribution is 2.33. The van der Waals surface area contributed by atoms with Crippen LogP contribution in [-0.2, 0) is 4.74 Å². The van der Waals surface area contributed by atoms with Crippen molar-refractivity contribution in [2.45, 2.75) is 25.0 Å². The Morgan fingerprint density at radius 2 is 2.04 bits per heavy atom. The zero-order valence-corrected chi connectivity index (χ0v) is 15.6. The van der Waals surface area contributed by atoms with Crippen LogP contribution in [0.2, 0.25) is 0 Å². The Morgan fingerprint density at radius 1 is 1.28 bits per heavy atom. The van der Waals surface area contributed by atoms with E-state index in [0.29, 0.717) is 17.8 Å². The Bertz CT molecular complexity index is 749. The van der Waals surface area contributed by atoms with Crippen molar-refractivity contribution in [1.29, 1.82) is 0 Å². The first-order chi connectivity index (χ1) is 12.1. The van der Waals surface area contributed by atoms with Crippen LogP contribution in [-0.4, -0.2) is 25.7 Å². The third-order valence-electron chi connectivity index (χ3n) is 4.34. The third-order valence-corrected chi connectivity index (χ3v) is 4.84. The summed E-state index contributed by atoms with van der Waals surface area (Å²) in [5, 5.41) is 2.91. The second-order valence-electron chi connectivity index (χ2n) is 6.04. The van der Waals surface area contributed by atoms with Gasteiger partial charge in [0.1, 0.15) is 5.75 Å². The summed E-state index contributed by atoms with van der Waals surface area (Å²) in [7, 11) is 1.65. The molecule has 5 nitrogen and oxygen atoms in total. The Morgan fingerprint density at radius 3 is 2.72 bits per heavy atom. The molecule has 1 heterocycles. The number of nitrogens with one attached hydrogen (secondary N) is 1. The second kappa shape index (κ2) is 7.89. The van der Waals surface area contributed by atoms with Crippen molar-refractivity contribution >= 4 is 27.5 Å². The number of ether oxygens (including phenoxy) is 2. The molecule has 6 heteroatoms. The quantitative estimate of drug-likeness (QED) is 0.745. The van der Waals surface area contributed by atoms with Crippen molar-refractivity contribution in [3.05, 3.63) is 58.1 Å². The number of nitrogen functional groups attached to an aromatic ring is 1. The lowest BCUT2D eigenvalue weighted by Crippen LogP contribution is -2.32. The van der Waals surface area contributed by atoms with Crippen molar-refractivity contribution < 1.29 is 14.3 Å². The van der Waals surface area contributed by atoms with Crippen molar-refractivity contribution in [2.75, 3.05) is 19.4 Å². The highest BCUT2D eigenvalue weighted by atomic mass is 79.9. The SMILES string of the molecule is COc1ccc(C2CCC(CNC(=O)c3ccc(Br)cc3N)O2)cc1. The molecule has 3 rings (SSSR count). The summed E-state index contributed by atoms with van der Waals surface area (Å²) in [5.74, 6) is 0.652. The van der Waals surface area contributed by atoms with Gasteiger partial charge in [-0.2, -0.15) is 0 Å². The minimum atomic E-state index is -0.179. The molecule has 0 bridgehead atoms. The molecule has 1 saturated heterocycles. The van der Waals surface area contributed by atoms with Crippen LogP contribution in [0.4, 0.5) is 5.69 Å². The van der Waals surface area contributed by atoms with E-state index in [0.717, 1.165) is 28.6 Å². The fourth-order valence-corrected chi connectivity index (χ4v) is 3.34. The summed E-state index contributed by atoms with van der Waals surface area (Å²) in [5.41, 5.74) is 7.96. The van der Waals surface area contributed by atoms with Crippen molar-refractivity contribution in [1.82, 2.24) is 5.32 Å². The van der Waals surface area contributed by atoms with Crippen molar-refractivity contribution in [3.63, 3.8) is 0 Å². The summed E-state index contributed by atoms with van der Waals surface area (Å²) in [6, 6.07) is 13.1. The maximum atomic E-state index is 12.3. The van der Waals surface area contributed by atoms with E-state index < -0.39 is 0 Å². The van der Waals surface area contributed by atoms with E-state index in [1.54, 1.807) is 25.3 Å². The molecule has 2 aromatic rings. The maximum Gasteiger partial charge on any atom is 0.253 e. The van der Waals surface area contributed by atoms with Crippen LogP contribution in [0.5, 0.6) is 5.75 Å². The number of methoxy groups -OCH3 is 1. The first-order valence-corrected chi connectivity index (χ1v) is 8.98. The maximum absolute atomic E-state index is 12.3. The summed E-state index contributed by atoms with van der Waals surface area (Å²) < 4.78 is 12.1. The fraction of sp³-hybridized carbons (Fsp3) is 0.316. The number of nitrogens with two attached hydrogens (primary N) is 1. The van der Waals surface area contributed by atoms with E-state index in [1.807, 2.05) is 24.3 Å². The Labute approximate surface area is 155 Å². The van der Waals surface area contributed by atoms with E-state index in [2.05, 4.69) is 21.2 Å². The van der Waals surface area contributed by atoms with Crippen LogP contribution >= 0.6 is 15.9 Å². The van der Waals surface area contributed by atoms with E-state index in [1.165, 1.54) is 0 Å². The third kappa shape index (κ3) is 4.32. The van der Waals surface area contributed by atoms with Crippen LogP contribution < -0.4 is 15.8 Å². The number of halogens is 1.